The molecule has 5 heteroatoms. The molecule has 0 radical (unpaired) electrons. The largest absolute Gasteiger partial charge is 0.368 e. The second kappa shape index (κ2) is 5.77. The smallest absolute Gasteiger partial charge is 0.234 e. The lowest BCUT2D eigenvalue weighted by atomic mass is 10.00. The van der Waals surface area contributed by atoms with E-state index in [1.807, 2.05) is 0 Å². The van der Waals surface area contributed by atoms with E-state index in [-0.39, 0.29) is 17.8 Å². The van der Waals surface area contributed by atoms with Crippen molar-refractivity contribution in [3.05, 3.63) is 41.8 Å². The third kappa shape index (κ3) is 2.74. The van der Waals surface area contributed by atoms with Gasteiger partial charge in [0.15, 0.2) is 0 Å². The number of primary amides is 1. The summed E-state index contributed by atoms with van der Waals surface area (Å²) in [5, 5.41) is 0.516. The molecule has 3 rings (SSSR count). The lowest BCUT2D eigenvalue weighted by Crippen LogP contribution is -2.47. The van der Waals surface area contributed by atoms with Crippen LogP contribution in [0.1, 0.15) is 24.8 Å². The van der Waals surface area contributed by atoms with Gasteiger partial charge in [0.05, 0.1) is 11.6 Å². The Bertz CT molecular complexity index is 674. The number of amides is 1. The van der Waals surface area contributed by atoms with Crippen molar-refractivity contribution < 1.29 is 9.18 Å². The van der Waals surface area contributed by atoms with Crippen LogP contribution in [0.3, 0.4) is 0 Å². The van der Waals surface area contributed by atoms with Crippen molar-refractivity contribution in [2.24, 2.45) is 5.73 Å². The maximum Gasteiger partial charge on any atom is 0.234 e. The number of hydrogen-bond acceptors (Lipinski definition) is 3. The number of halogens is 1. The minimum Gasteiger partial charge on any atom is -0.368 e. The molecule has 1 atom stereocenters. The average molecular weight is 287 g/mol. The molecule has 0 aliphatic carbocycles. The molecule has 1 aliphatic rings. The highest BCUT2D eigenvalue weighted by Gasteiger charge is 2.27. The summed E-state index contributed by atoms with van der Waals surface area (Å²) in [7, 11) is 0. The van der Waals surface area contributed by atoms with Crippen LogP contribution >= 0.6 is 0 Å². The van der Waals surface area contributed by atoms with Gasteiger partial charge in [-0.2, -0.15) is 0 Å². The molecule has 1 amide bonds. The normalized spacial score (nSPS) is 19.8. The number of nitrogens with two attached hydrogens (primary N) is 1. The fraction of sp³-hybridized carbons (Fsp3) is 0.375. The second-order valence-electron chi connectivity index (χ2n) is 5.49. The summed E-state index contributed by atoms with van der Waals surface area (Å²) < 4.78 is 13.8. The number of hydrogen-bond donors (Lipinski definition) is 1. The molecule has 0 spiro atoms. The van der Waals surface area contributed by atoms with E-state index >= 15 is 0 Å². The minimum atomic E-state index is -0.283. The lowest BCUT2D eigenvalue weighted by molar-refractivity contribution is -0.124. The van der Waals surface area contributed by atoms with Crippen molar-refractivity contribution in [3.63, 3.8) is 0 Å². The van der Waals surface area contributed by atoms with E-state index in [1.165, 1.54) is 6.07 Å². The first-order chi connectivity index (χ1) is 10.2. The summed E-state index contributed by atoms with van der Waals surface area (Å²) in [5.74, 6) is -0.555. The van der Waals surface area contributed by atoms with Crippen LogP contribution in [-0.2, 0) is 11.3 Å². The first kappa shape index (κ1) is 13.9. The van der Waals surface area contributed by atoms with E-state index in [1.54, 1.807) is 24.4 Å². The van der Waals surface area contributed by atoms with Crippen molar-refractivity contribution in [1.29, 1.82) is 0 Å². The van der Waals surface area contributed by atoms with Crippen LogP contribution in [0.4, 0.5) is 4.39 Å². The number of aromatic nitrogens is 1. The standard InChI is InChI=1S/C16H18FN3O/c17-13-7-6-11(15-12(13)4-3-8-19-15)10-20-9-2-1-5-14(20)16(18)21/h3-4,6-8,14H,1-2,5,9-10H2,(H2,18,21)/t14-/m0/s1. The van der Waals surface area contributed by atoms with E-state index in [2.05, 4.69) is 9.88 Å². The van der Waals surface area contributed by atoms with Crippen molar-refractivity contribution in [2.45, 2.75) is 31.8 Å². The molecule has 0 saturated carbocycles. The number of likely N-dealkylation sites (tertiary alicyclic amines) is 1. The molecule has 1 fully saturated rings. The monoisotopic (exact) mass is 287 g/mol. The summed E-state index contributed by atoms with van der Waals surface area (Å²) in [5.41, 5.74) is 7.08. The zero-order chi connectivity index (χ0) is 14.8. The number of carbonyl (C=O) groups excluding carboxylic acids is 1. The second-order valence-corrected chi connectivity index (χ2v) is 5.49. The van der Waals surface area contributed by atoms with Gasteiger partial charge in [-0.1, -0.05) is 12.5 Å². The molecule has 1 aromatic heterocycles. The lowest BCUT2D eigenvalue weighted by Gasteiger charge is -2.33. The third-order valence-electron chi connectivity index (χ3n) is 4.12. The van der Waals surface area contributed by atoms with Gasteiger partial charge in [-0.3, -0.25) is 14.7 Å². The molecule has 1 aliphatic heterocycles. The molecule has 21 heavy (non-hydrogen) atoms. The quantitative estimate of drug-likeness (QED) is 0.941. The zero-order valence-corrected chi connectivity index (χ0v) is 11.8. The third-order valence-corrected chi connectivity index (χ3v) is 4.12. The predicted molar refractivity (Wildman–Crippen MR) is 78.9 cm³/mol. The van der Waals surface area contributed by atoms with Gasteiger partial charge in [0, 0.05) is 18.1 Å². The topological polar surface area (TPSA) is 59.2 Å². The molecular formula is C16H18FN3O. The Kier molecular flexibility index (Phi) is 3.84. The van der Waals surface area contributed by atoms with Gasteiger partial charge in [-0.25, -0.2) is 4.39 Å². The SMILES string of the molecule is NC(=O)[C@@H]1CCCCN1Cc1ccc(F)c2cccnc12. The van der Waals surface area contributed by atoms with Gasteiger partial charge in [0.1, 0.15) is 5.82 Å². The highest BCUT2D eigenvalue weighted by molar-refractivity contribution is 5.82. The van der Waals surface area contributed by atoms with Gasteiger partial charge in [-0.05, 0) is 43.1 Å². The van der Waals surface area contributed by atoms with Gasteiger partial charge in [-0.15, -0.1) is 0 Å². The van der Waals surface area contributed by atoms with E-state index < -0.39 is 0 Å². The highest BCUT2D eigenvalue weighted by Crippen LogP contribution is 2.24. The Hall–Kier alpha value is -2.01. The van der Waals surface area contributed by atoms with E-state index in [0.29, 0.717) is 17.4 Å². The molecule has 4 nitrogen and oxygen atoms in total. The number of rotatable bonds is 3. The van der Waals surface area contributed by atoms with Crippen molar-refractivity contribution >= 4 is 16.8 Å². The van der Waals surface area contributed by atoms with E-state index in [4.69, 9.17) is 5.73 Å². The summed E-state index contributed by atoms with van der Waals surface area (Å²) in [6.07, 6.45) is 4.53. The maximum atomic E-state index is 13.8. The first-order valence-electron chi connectivity index (χ1n) is 7.22. The summed E-state index contributed by atoms with van der Waals surface area (Å²) in [4.78, 5) is 17.9. The van der Waals surface area contributed by atoms with E-state index in [0.717, 1.165) is 31.4 Å². The van der Waals surface area contributed by atoms with Gasteiger partial charge < -0.3 is 5.73 Å². The predicted octanol–water partition coefficient (Wildman–Crippen LogP) is 2.21. The number of piperidine rings is 1. The molecule has 2 heterocycles. The number of carbonyl (C=O) groups is 1. The van der Waals surface area contributed by atoms with Crippen LogP contribution in [0.5, 0.6) is 0 Å². The summed E-state index contributed by atoms with van der Waals surface area (Å²) in [6.45, 7) is 1.40. The Morgan fingerprint density at radius 2 is 2.24 bits per heavy atom. The fourth-order valence-electron chi connectivity index (χ4n) is 3.05. The van der Waals surface area contributed by atoms with Crippen molar-refractivity contribution in [2.75, 3.05) is 6.54 Å². The molecule has 0 unspecified atom stereocenters. The highest BCUT2D eigenvalue weighted by atomic mass is 19.1. The Morgan fingerprint density at radius 3 is 3.05 bits per heavy atom. The minimum absolute atomic E-state index is 0.234. The van der Waals surface area contributed by atoms with Crippen LogP contribution in [-0.4, -0.2) is 28.4 Å². The number of nitrogens with zero attached hydrogens (tertiary/aromatic N) is 2. The van der Waals surface area contributed by atoms with Gasteiger partial charge in [0.2, 0.25) is 5.91 Å². The Morgan fingerprint density at radius 1 is 1.38 bits per heavy atom. The molecule has 110 valence electrons. The van der Waals surface area contributed by atoms with Gasteiger partial charge >= 0.3 is 0 Å². The number of pyridine rings is 1. The average Bonchev–Trinajstić information content (AvgIpc) is 2.51. The fourth-order valence-corrected chi connectivity index (χ4v) is 3.05. The first-order valence-corrected chi connectivity index (χ1v) is 7.22. The Balaban J connectivity index is 1.94. The molecule has 0 bridgehead atoms. The molecule has 2 aromatic rings. The van der Waals surface area contributed by atoms with Crippen LogP contribution in [0.25, 0.3) is 10.9 Å². The number of benzene rings is 1. The van der Waals surface area contributed by atoms with Gasteiger partial charge in [0.25, 0.3) is 0 Å². The van der Waals surface area contributed by atoms with Crippen LogP contribution in [0, 0.1) is 5.82 Å². The Labute approximate surface area is 122 Å². The van der Waals surface area contributed by atoms with Crippen molar-refractivity contribution in [3.8, 4) is 0 Å². The van der Waals surface area contributed by atoms with Crippen LogP contribution in [0.15, 0.2) is 30.5 Å². The van der Waals surface area contributed by atoms with Crippen LogP contribution < -0.4 is 5.73 Å². The summed E-state index contributed by atoms with van der Waals surface area (Å²) in [6, 6.07) is 6.42. The molecule has 1 aromatic carbocycles. The molecule has 1 saturated heterocycles. The zero-order valence-electron chi connectivity index (χ0n) is 11.8. The molecule has 2 N–H and O–H groups in total. The van der Waals surface area contributed by atoms with Crippen LogP contribution in [0.2, 0.25) is 0 Å². The van der Waals surface area contributed by atoms with Crippen molar-refractivity contribution in [1.82, 2.24) is 9.88 Å². The maximum absolute atomic E-state index is 13.8. The van der Waals surface area contributed by atoms with E-state index in [9.17, 15) is 9.18 Å². The molecular weight excluding hydrogens is 269 g/mol. The summed E-state index contributed by atoms with van der Waals surface area (Å²) >= 11 is 0. The number of fused-ring (bicyclic) bond motifs is 1.